The minimum absolute atomic E-state index is 0.272. The van der Waals surface area contributed by atoms with Crippen molar-refractivity contribution < 1.29 is 18.7 Å². The van der Waals surface area contributed by atoms with E-state index >= 15 is 0 Å². The van der Waals surface area contributed by atoms with Crippen LogP contribution in [0.2, 0.25) is 0 Å². The molecule has 1 N–H and O–H groups in total. The fourth-order valence-corrected chi connectivity index (χ4v) is 2.57. The van der Waals surface area contributed by atoms with Gasteiger partial charge in [-0.05, 0) is 61.4 Å². The van der Waals surface area contributed by atoms with Crippen LogP contribution in [0.15, 0.2) is 65.3 Å². The zero-order valence-corrected chi connectivity index (χ0v) is 14.8. The Labute approximate surface area is 152 Å². The summed E-state index contributed by atoms with van der Waals surface area (Å²) in [4.78, 5) is 11.9. The average Bonchev–Trinajstić information content (AvgIpc) is 3.17. The number of aryl methyl sites for hydroxylation is 2. The van der Waals surface area contributed by atoms with Crippen molar-refractivity contribution in [2.24, 2.45) is 0 Å². The SMILES string of the molecule is Cc1cccc(C)c1OCCOc1ccc(NC(=O)c2ccco2)cc1. The largest absolute Gasteiger partial charge is 0.490 e. The number of benzene rings is 2. The first kappa shape index (κ1) is 17.6. The number of ether oxygens (including phenoxy) is 2. The van der Waals surface area contributed by atoms with Crippen molar-refractivity contribution in [2.75, 3.05) is 18.5 Å². The Bertz CT molecular complexity index is 834. The Morgan fingerprint density at radius 2 is 1.62 bits per heavy atom. The van der Waals surface area contributed by atoms with Gasteiger partial charge in [-0.3, -0.25) is 4.79 Å². The summed E-state index contributed by atoms with van der Waals surface area (Å²) in [5.41, 5.74) is 2.90. The monoisotopic (exact) mass is 351 g/mol. The standard InChI is InChI=1S/C21H21NO4/c1-15-5-3-6-16(2)20(15)26-14-13-24-18-10-8-17(9-11-18)22-21(23)19-7-4-12-25-19/h3-12H,13-14H2,1-2H3,(H,22,23). The fourth-order valence-electron chi connectivity index (χ4n) is 2.57. The summed E-state index contributed by atoms with van der Waals surface area (Å²) in [5.74, 6) is 1.61. The molecule has 0 unspecified atom stereocenters. The lowest BCUT2D eigenvalue weighted by atomic mass is 10.1. The van der Waals surface area contributed by atoms with Gasteiger partial charge < -0.3 is 19.2 Å². The lowest BCUT2D eigenvalue weighted by Crippen LogP contribution is -2.11. The van der Waals surface area contributed by atoms with E-state index in [9.17, 15) is 4.79 Å². The van der Waals surface area contributed by atoms with Crippen LogP contribution in [-0.4, -0.2) is 19.1 Å². The number of hydrogen-bond acceptors (Lipinski definition) is 4. The van der Waals surface area contributed by atoms with E-state index < -0.39 is 0 Å². The second-order valence-electron chi connectivity index (χ2n) is 5.87. The Morgan fingerprint density at radius 3 is 2.27 bits per heavy atom. The third-order valence-corrected chi connectivity index (χ3v) is 3.86. The molecule has 26 heavy (non-hydrogen) atoms. The van der Waals surface area contributed by atoms with Crippen molar-refractivity contribution in [1.82, 2.24) is 0 Å². The Balaban J connectivity index is 1.46. The predicted octanol–water partition coefficient (Wildman–Crippen LogP) is 4.61. The summed E-state index contributed by atoms with van der Waals surface area (Å²) < 4.78 is 16.6. The Morgan fingerprint density at radius 1 is 0.923 bits per heavy atom. The highest BCUT2D eigenvalue weighted by atomic mass is 16.5. The van der Waals surface area contributed by atoms with Crippen LogP contribution in [0.3, 0.4) is 0 Å². The predicted molar refractivity (Wildman–Crippen MR) is 100 cm³/mol. The highest BCUT2D eigenvalue weighted by Gasteiger charge is 2.08. The molecule has 3 rings (SSSR count). The Kier molecular flexibility index (Phi) is 5.59. The van der Waals surface area contributed by atoms with Crippen molar-refractivity contribution in [3.63, 3.8) is 0 Å². The van der Waals surface area contributed by atoms with E-state index in [0.717, 1.165) is 16.9 Å². The van der Waals surface area contributed by atoms with Gasteiger partial charge in [0.25, 0.3) is 5.91 Å². The lowest BCUT2D eigenvalue weighted by Gasteiger charge is -2.12. The van der Waals surface area contributed by atoms with Crippen LogP contribution >= 0.6 is 0 Å². The minimum atomic E-state index is -0.286. The normalized spacial score (nSPS) is 10.4. The molecule has 0 saturated heterocycles. The van der Waals surface area contributed by atoms with E-state index in [2.05, 4.69) is 5.32 Å². The molecule has 2 aromatic carbocycles. The molecule has 0 saturated carbocycles. The van der Waals surface area contributed by atoms with Crippen LogP contribution in [0.25, 0.3) is 0 Å². The quantitative estimate of drug-likeness (QED) is 0.632. The second-order valence-corrected chi connectivity index (χ2v) is 5.87. The summed E-state index contributed by atoms with van der Waals surface area (Å²) in [6.07, 6.45) is 1.46. The van der Waals surface area contributed by atoms with Crippen LogP contribution in [-0.2, 0) is 0 Å². The molecule has 0 aliphatic rings. The number of amides is 1. The van der Waals surface area contributed by atoms with Gasteiger partial charge in [-0.25, -0.2) is 0 Å². The maximum absolute atomic E-state index is 11.9. The molecule has 5 nitrogen and oxygen atoms in total. The van der Waals surface area contributed by atoms with Crippen LogP contribution in [0.1, 0.15) is 21.7 Å². The topological polar surface area (TPSA) is 60.7 Å². The molecule has 0 radical (unpaired) electrons. The van der Waals surface area contributed by atoms with Crippen molar-refractivity contribution in [1.29, 1.82) is 0 Å². The van der Waals surface area contributed by atoms with Gasteiger partial charge >= 0.3 is 0 Å². The molecule has 0 fully saturated rings. The summed E-state index contributed by atoms with van der Waals surface area (Å²) in [5, 5.41) is 2.76. The fraction of sp³-hybridized carbons (Fsp3) is 0.190. The highest BCUT2D eigenvalue weighted by molar-refractivity contribution is 6.02. The van der Waals surface area contributed by atoms with E-state index in [-0.39, 0.29) is 11.7 Å². The smallest absolute Gasteiger partial charge is 0.291 e. The van der Waals surface area contributed by atoms with Gasteiger partial charge in [-0.2, -0.15) is 0 Å². The number of anilines is 1. The van der Waals surface area contributed by atoms with Crippen LogP contribution in [0, 0.1) is 13.8 Å². The van der Waals surface area contributed by atoms with Crippen molar-refractivity contribution in [3.05, 3.63) is 77.7 Å². The van der Waals surface area contributed by atoms with Gasteiger partial charge in [0.05, 0.1) is 6.26 Å². The van der Waals surface area contributed by atoms with Crippen LogP contribution in [0.5, 0.6) is 11.5 Å². The van der Waals surface area contributed by atoms with Crippen molar-refractivity contribution >= 4 is 11.6 Å². The maximum Gasteiger partial charge on any atom is 0.291 e. The molecule has 1 aromatic heterocycles. The van der Waals surface area contributed by atoms with Crippen LogP contribution in [0.4, 0.5) is 5.69 Å². The third-order valence-electron chi connectivity index (χ3n) is 3.86. The maximum atomic E-state index is 11.9. The first-order valence-electron chi connectivity index (χ1n) is 8.40. The van der Waals surface area contributed by atoms with Gasteiger partial charge in [0, 0.05) is 5.69 Å². The summed E-state index contributed by atoms with van der Waals surface area (Å²) in [6, 6.07) is 16.5. The number of furan rings is 1. The van der Waals surface area contributed by atoms with E-state index in [1.807, 2.05) is 32.0 Å². The molecular formula is C21H21NO4. The molecule has 134 valence electrons. The molecule has 0 atom stereocenters. The number of nitrogens with one attached hydrogen (secondary N) is 1. The summed E-state index contributed by atoms with van der Waals surface area (Å²) in [6.45, 7) is 4.95. The zero-order valence-electron chi connectivity index (χ0n) is 14.8. The minimum Gasteiger partial charge on any atom is -0.490 e. The van der Waals surface area contributed by atoms with Crippen molar-refractivity contribution in [2.45, 2.75) is 13.8 Å². The molecule has 5 heteroatoms. The Hall–Kier alpha value is -3.21. The van der Waals surface area contributed by atoms with Gasteiger partial charge in [0.2, 0.25) is 0 Å². The van der Waals surface area contributed by atoms with Gasteiger partial charge in [0.1, 0.15) is 24.7 Å². The molecular weight excluding hydrogens is 330 g/mol. The van der Waals surface area contributed by atoms with Crippen LogP contribution < -0.4 is 14.8 Å². The molecule has 1 heterocycles. The first-order chi connectivity index (χ1) is 12.6. The molecule has 0 spiro atoms. The summed E-state index contributed by atoms with van der Waals surface area (Å²) in [7, 11) is 0. The highest BCUT2D eigenvalue weighted by Crippen LogP contribution is 2.22. The number of carbonyl (C=O) groups excluding carboxylic acids is 1. The summed E-state index contributed by atoms with van der Waals surface area (Å²) >= 11 is 0. The first-order valence-corrected chi connectivity index (χ1v) is 8.40. The molecule has 0 aliphatic carbocycles. The number of hydrogen-bond donors (Lipinski definition) is 1. The van der Waals surface area contributed by atoms with E-state index in [1.165, 1.54) is 6.26 Å². The number of rotatable bonds is 7. The lowest BCUT2D eigenvalue weighted by molar-refractivity contribution is 0.0996. The molecule has 0 bridgehead atoms. The van der Waals surface area contributed by atoms with E-state index in [1.54, 1.807) is 36.4 Å². The number of para-hydroxylation sites is 1. The van der Waals surface area contributed by atoms with Gasteiger partial charge in [-0.1, -0.05) is 18.2 Å². The van der Waals surface area contributed by atoms with Crippen molar-refractivity contribution in [3.8, 4) is 11.5 Å². The number of carbonyl (C=O) groups is 1. The molecule has 1 amide bonds. The molecule has 0 aliphatic heterocycles. The third kappa shape index (κ3) is 4.45. The zero-order chi connectivity index (χ0) is 18.4. The van der Waals surface area contributed by atoms with E-state index in [0.29, 0.717) is 24.7 Å². The average molecular weight is 351 g/mol. The van der Waals surface area contributed by atoms with Gasteiger partial charge in [0.15, 0.2) is 5.76 Å². The van der Waals surface area contributed by atoms with E-state index in [4.69, 9.17) is 13.9 Å². The molecule has 3 aromatic rings. The second kappa shape index (κ2) is 8.25. The van der Waals surface area contributed by atoms with Gasteiger partial charge in [-0.15, -0.1) is 0 Å².